The lowest BCUT2D eigenvalue weighted by Crippen LogP contribution is -2.48. The number of carbonyl (C=O) groups excluding carboxylic acids is 1. The largest absolute Gasteiger partial charge is 0.461 e. The van der Waals surface area contributed by atoms with E-state index in [0.29, 0.717) is 77.8 Å². The summed E-state index contributed by atoms with van der Waals surface area (Å²) in [6, 6.07) is 13.0. The molecule has 2 aromatic carbocycles. The maximum atomic E-state index is 16.8. The van der Waals surface area contributed by atoms with Crippen LogP contribution in [0.3, 0.4) is 0 Å². The predicted octanol–water partition coefficient (Wildman–Crippen LogP) is 6.36. The van der Waals surface area contributed by atoms with Gasteiger partial charge >= 0.3 is 6.01 Å². The van der Waals surface area contributed by atoms with E-state index in [1.54, 1.807) is 29.3 Å². The van der Waals surface area contributed by atoms with Crippen molar-refractivity contribution < 1.29 is 18.3 Å². The molecule has 6 heterocycles. The lowest BCUT2D eigenvalue weighted by atomic mass is 9.95. The topological polar surface area (TPSA) is 100 Å². The van der Waals surface area contributed by atoms with Crippen molar-refractivity contribution >= 4 is 51.1 Å². The van der Waals surface area contributed by atoms with Gasteiger partial charge in [0, 0.05) is 73.1 Å². The van der Waals surface area contributed by atoms with Crippen LogP contribution in [0.2, 0.25) is 5.02 Å². The summed E-state index contributed by atoms with van der Waals surface area (Å²) in [4.78, 5) is 41.8. The standard InChI is InChI=1S/C38H37ClF2N8O2/c1-23-18-27(44-24(2)43-23)10-11-31(50)47-14-16-48(17-15-47)36-29-20-42-34(28-8-3-6-25-7-4-9-30(39)32(25)28)33(41)35(29)45-37(46-36)51-22-38-12-5-13-49(38)21-26(40)19-38/h3-4,6-11,18,20,26H,5,12-17,19,21-22H2,1-2H3/t26-,38+/m1/s1. The van der Waals surface area contributed by atoms with Gasteiger partial charge in [-0.15, -0.1) is 0 Å². The van der Waals surface area contributed by atoms with Crippen molar-refractivity contribution in [3.8, 4) is 17.3 Å². The van der Waals surface area contributed by atoms with Crippen molar-refractivity contribution in [3.63, 3.8) is 0 Å². The fourth-order valence-electron chi connectivity index (χ4n) is 7.89. The molecule has 1 amide bonds. The van der Waals surface area contributed by atoms with Crippen molar-refractivity contribution in [1.29, 1.82) is 0 Å². The third kappa shape index (κ3) is 6.35. The second-order valence-electron chi connectivity index (χ2n) is 13.6. The van der Waals surface area contributed by atoms with E-state index in [2.05, 4.69) is 24.8 Å². The maximum absolute atomic E-state index is 16.8. The highest BCUT2D eigenvalue weighted by Crippen LogP contribution is 2.41. The minimum atomic E-state index is -0.913. The van der Waals surface area contributed by atoms with Gasteiger partial charge in [-0.1, -0.05) is 41.9 Å². The molecule has 262 valence electrons. The van der Waals surface area contributed by atoms with Crippen LogP contribution in [0.4, 0.5) is 14.6 Å². The third-order valence-corrected chi connectivity index (χ3v) is 10.6. The number of halogens is 3. The van der Waals surface area contributed by atoms with Gasteiger partial charge in [-0.2, -0.15) is 9.97 Å². The number of fused-ring (bicyclic) bond motifs is 3. The van der Waals surface area contributed by atoms with E-state index in [1.165, 1.54) is 6.08 Å². The Labute approximate surface area is 299 Å². The number of pyridine rings is 1. The molecule has 2 atom stereocenters. The molecule has 0 spiro atoms. The van der Waals surface area contributed by atoms with Crippen molar-refractivity contribution in [2.75, 3.05) is 50.8 Å². The summed E-state index contributed by atoms with van der Waals surface area (Å²) < 4.78 is 37.6. The summed E-state index contributed by atoms with van der Waals surface area (Å²) >= 11 is 6.62. The fraction of sp³-hybridized carbons (Fsp3) is 0.368. The van der Waals surface area contributed by atoms with E-state index in [-0.39, 0.29) is 29.7 Å². The Kier molecular flexibility index (Phi) is 8.75. The summed E-state index contributed by atoms with van der Waals surface area (Å²) in [5, 5.41) is 2.47. The molecule has 3 aliphatic heterocycles. The molecule has 3 saturated heterocycles. The Morgan fingerprint density at radius 1 is 1.06 bits per heavy atom. The number of ether oxygens (including phenoxy) is 1. The lowest BCUT2D eigenvalue weighted by molar-refractivity contribution is -0.126. The Morgan fingerprint density at radius 3 is 2.67 bits per heavy atom. The normalized spacial score (nSPS) is 20.9. The van der Waals surface area contributed by atoms with Gasteiger partial charge in [0.05, 0.1) is 16.6 Å². The zero-order valence-electron chi connectivity index (χ0n) is 28.5. The second kappa shape index (κ2) is 13.4. The molecule has 8 rings (SSSR count). The number of nitrogens with zero attached hydrogens (tertiary/aromatic N) is 8. The van der Waals surface area contributed by atoms with Crippen LogP contribution in [0.25, 0.3) is 39.0 Å². The molecule has 3 aliphatic rings. The first kappa shape index (κ1) is 33.3. The molecule has 0 aliphatic carbocycles. The number of piperazine rings is 1. The summed E-state index contributed by atoms with van der Waals surface area (Å²) in [6.45, 7) is 6.85. The van der Waals surface area contributed by atoms with Crippen LogP contribution in [0, 0.1) is 19.7 Å². The van der Waals surface area contributed by atoms with E-state index in [0.717, 1.165) is 30.5 Å². The second-order valence-corrected chi connectivity index (χ2v) is 14.1. The van der Waals surface area contributed by atoms with Gasteiger partial charge in [-0.3, -0.25) is 14.7 Å². The van der Waals surface area contributed by atoms with Crippen molar-refractivity contribution in [2.24, 2.45) is 0 Å². The third-order valence-electron chi connectivity index (χ3n) is 10.3. The highest BCUT2D eigenvalue weighted by Gasteiger charge is 2.49. The molecule has 0 radical (unpaired) electrons. The number of alkyl halides is 1. The first-order chi connectivity index (χ1) is 24.7. The molecular weight excluding hydrogens is 674 g/mol. The fourth-order valence-corrected chi connectivity index (χ4v) is 8.17. The SMILES string of the molecule is Cc1cc(C=CC(=O)N2CCN(c3nc(OC[C@@]45CCCN4C[C@H](F)C5)nc4c(F)c(-c5cccc6cccc(Cl)c56)ncc34)CC2)nc(C)n1. The van der Waals surface area contributed by atoms with Crippen molar-refractivity contribution in [3.05, 3.63) is 82.8 Å². The molecule has 0 saturated carbocycles. The molecule has 13 heteroatoms. The zero-order chi connectivity index (χ0) is 35.3. The van der Waals surface area contributed by atoms with Gasteiger partial charge in [-0.05, 0) is 56.8 Å². The number of aromatic nitrogens is 5. The average Bonchev–Trinajstić information content (AvgIpc) is 3.65. The van der Waals surface area contributed by atoms with Crippen LogP contribution in [0.1, 0.15) is 36.5 Å². The summed E-state index contributed by atoms with van der Waals surface area (Å²) in [6.07, 6.45) is 6.08. The monoisotopic (exact) mass is 710 g/mol. The summed E-state index contributed by atoms with van der Waals surface area (Å²) in [5.74, 6) is 0.362. The maximum Gasteiger partial charge on any atom is 0.319 e. The van der Waals surface area contributed by atoms with Crippen LogP contribution in [0.15, 0.2) is 54.7 Å². The number of aryl methyl sites for hydroxylation is 2. The minimum absolute atomic E-state index is 0.0184. The van der Waals surface area contributed by atoms with Crippen molar-refractivity contribution in [2.45, 2.75) is 44.8 Å². The highest BCUT2D eigenvalue weighted by atomic mass is 35.5. The first-order valence-electron chi connectivity index (χ1n) is 17.3. The average molecular weight is 711 g/mol. The van der Waals surface area contributed by atoms with Gasteiger partial charge < -0.3 is 14.5 Å². The lowest BCUT2D eigenvalue weighted by Gasteiger charge is -2.35. The predicted molar refractivity (Wildman–Crippen MR) is 193 cm³/mol. The van der Waals surface area contributed by atoms with Crippen LogP contribution >= 0.6 is 11.6 Å². The molecule has 3 aromatic heterocycles. The molecule has 10 nitrogen and oxygen atoms in total. The van der Waals surface area contributed by atoms with Crippen molar-refractivity contribution in [1.82, 2.24) is 34.7 Å². The van der Waals surface area contributed by atoms with Crippen LogP contribution in [0.5, 0.6) is 6.01 Å². The number of rotatable bonds is 7. The minimum Gasteiger partial charge on any atom is -0.461 e. The summed E-state index contributed by atoms with van der Waals surface area (Å²) in [7, 11) is 0. The molecule has 0 N–H and O–H groups in total. The Morgan fingerprint density at radius 2 is 1.86 bits per heavy atom. The Bertz CT molecular complexity index is 2170. The van der Waals surface area contributed by atoms with Gasteiger partial charge in [-0.25, -0.2) is 18.7 Å². The first-order valence-corrected chi connectivity index (χ1v) is 17.7. The highest BCUT2D eigenvalue weighted by molar-refractivity contribution is 6.36. The zero-order valence-corrected chi connectivity index (χ0v) is 29.2. The Hall–Kier alpha value is -4.81. The molecular formula is C38H37ClF2N8O2. The molecule has 0 unspecified atom stereocenters. The number of carbonyl (C=O) groups is 1. The number of hydrogen-bond acceptors (Lipinski definition) is 9. The van der Waals surface area contributed by atoms with E-state index < -0.39 is 17.5 Å². The van der Waals surface area contributed by atoms with Gasteiger partial charge in [0.15, 0.2) is 5.82 Å². The quantitative estimate of drug-likeness (QED) is 0.179. The molecule has 3 fully saturated rings. The van der Waals surface area contributed by atoms with E-state index in [4.69, 9.17) is 21.3 Å². The number of benzene rings is 2. The van der Waals surface area contributed by atoms with Gasteiger partial charge in [0.1, 0.15) is 35.6 Å². The van der Waals surface area contributed by atoms with E-state index in [9.17, 15) is 9.18 Å². The van der Waals surface area contributed by atoms with Gasteiger partial charge in [0.2, 0.25) is 5.91 Å². The van der Waals surface area contributed by atoms with Crippen LogP contribution < -0.4 is 9.64 Å². The number of amides is 1. The summed E-state index contributed by atoms with van der Waals surface area (Å²) in [5.41, 5.74) is 1.81. The molecule has 51 heavy (non-hydrogen) atoms. The molecule has 0 bridgehead atoms. The van der Waals surface area contributed by atoms with Gasteiger partial charge in [0.25, 0.3) is 0 Å². The van der Waals surface area contributed by atoms with Crippen LogP contribution in [-0.4, -0.2) is 98.2 Å². The Balaban J connectivity index is 1.12. The molecule has 5 aromatic rings. The smallest absolute Gasteiger partial charge is 0.319 e. The van der Waals surface area contributed by atoms with E-state index in [1.807, 2.05) is 49.1 Å². The van der Waals surface area contributed by atoms with Crippen LogP contribution in [-0.2, 0) is 4.79 Å². The van der Waals surface area contributed by atoms with E-state index >= 15 is 4.39 Å². The number of hydrogen-bond donors (Lipinski definition) is 0. The number of anilines is 1.